The van der Waals surface area contributed by atoms with Crippen molar-refractivity contribution in [1.29, 1.82) is 5.26 Å². The number of nitrogens with zero attached hydrogens (tertiary/aromatic N) is 4. The van der Waals surface area contributed by atoms with Gasteiger partial charge in [-0.05, 0) is 24.1 Å². The highest BCUT2D eigenvalue weighted by atomic mass is 16.6. The van der Waals surface area contributed by atoms with E-state index in [1.807, 2.05) is 24.8 Å². The van der Waals surface area contributed by atoms with Gasteiger partial charge >= 0.3 is 0 Å². The van der Waals surface area contributed by atoms with E-state index in [2.05, 4.69) is 6.07 Å². The first-order valence-corrected chi connectivity index (χ1v) is 9.84. The maximum atomic E-state index is 13.1. The van der Waals surface area contributed by atoms with Crippen LogP contribution in [0.3, 0.4) is 0 Å². The molecule has 156 valence electrons. The average Bonchev–Trinajstić information content (AvgIpc) is 2.77. The van der Waals surface area contributed by atoms with Crippen LogP contribution < -0.4 is 9.64 Å². The number of benzene rings is 2. The predicted molar refractivity (Wildman–Crippen MR) is 112 cm³/mol. The number of carbonyl (C=O) groups is 1. The normalized spacial score (nSPS) is 14.9. The van der Waals surface area contributed by atoms with Gasteiger partial charge in [-0.1, -0.05) is 32.0 Å². The van der Waals surface area contributed by atoms with Crippen molar-refractivity contribution in [3.63, 3.8) is 0 Å². The van der Waals surface area contributed by atoms with E-state index in [1.54, 1.807) is 41.3 Å². The first kappa shape index (κ1) is 21.1. The summed E-state index contributed by atoms with van der Waals surface area (Å²) in [5.74, 6) is 0.220. The van der Waals surface area contributed by atoms with Crippen LogP contribution in [0.5, 0.6) is 5.75 Å². The minimum Gasteiger partial charge on any atom is -0.479 e. The van der Waals surface area contributed by atoms with Crippen molar-refractivity contribution in [2.45, 2.75) is 20.0 Å². The van der Waals surface area contributed by atoms with E-state index in [4.69, 9.17) is 4.74 Å². The van der Waals surface area contributed by atoms with Crippen molar-refractivity contribution in [3.05, 3.63) is 64.2 Å². The second kappa shape index (κ2) is 9.27. The molecule has 0 radical (unpaired) electrons. The number of hydrogen-bond donors (Lipinski definition) is 0. The Labute approximate surface area is 175 Å². The van der Waals surface area contributed by atoms with E-state index >= 15 is 0 Å². The van der Waals surface area contributed by atoms with Gasteiger partial charge in [0.15, 0.2) is 6.10 Å². The summed E-state index contributed by atoms with van der Waals surface area (Å²) in [6.45, 7) is 5.97. The Morgan fingerprint density at radius 1 is 1.13 bits per heavy atom. The lowest BCUT2D eigenvalue weighted by Crippen LogP contribution is -2.53. The lowest BCUT2D eigenvalue weighted by molar-refractivity contribution is -0.384. The molecule has 2 aromatic rings. The molecule has 2 aromatic carbocycles. The fraction of sp³-hybridized carbons (Fsp3) is 0.364. The summed E-state index contributed by atoms with van der Waals surface area (Å²) in [7, 11) is 0. The van der Waals surface area contributed by atoms with Gasteiger partial charge < -0.3 is 14.5 Å². The number of piperazine rings is 1. The van der Waals surface area contributed by atoms with Crippen LogP contribution in [0.15, 0.2) is 48.5 Å². The number of amides is 1. The van der Waals surface area contributed by atoms with Crippen molar-refractivity contribution < 1.29 is 14.5 Å². The Morgan fingerprint density at radius 3 is 2.47 bits per heavy atom. The molecule has 3 rings (SSSR count). The quantitative estimate of drug-likeness (QED) is 0.537. The fourth-order valence-electron chi connectivity index (χ4n) is 3.44. The lowest BCUT2D eigenvalue weighted by Gasteiger charge is -2.38. The van der Waals surface area contributed by atoms with Gasteiger partial charge in [-0.25, -0.2) is 0 Å². The van der Waals surface area contributed by atoms with Gasteiger partial charge in [0.05, 0.1) is 10.5 Å². The van der Waals surface area contributed by atoms with Crippen LogP contribution in [0.4, 0.5) is 11.4 Å². The molecule has 1 amide bonds. The molecule has 0 aliphatic carbocycles. The van der Waals surface area contributed by atoms with Crippen LogP contribution in [-0.2, 0) is 4.79 Å². The van der Waals surface area contributed by atoms with E-state index < -0.39 is 11.0 Å². The fourth-order valence-corrected chi connectivity index (χ4v) is 3.44. The zero-order valence-corrected chi connectivity index (χ0v) is 17.0. The predicted octanol–water partition coefficient (Wildman–Crippen LogP) is 3.22. The third kappa shape index (κ3) is 4.69. The average molecular weight is 408 g/mol. The SMILES string of the molecule is CC(C)C(Oc1ccccc1C#N)C(=O)N1CCN(c2cccc([N+](=O)[O-])c2)CC1. The lowest BCUT2D eigenvalue weighted by atomic mass is 10.0. The summed E-state index contributed by atoms with van der Waals surface area (Å²) in [6.07, 6.45) is -0.691. The third-order valence-corrected chi connectivity index (χ3v) is 5.11. The molecule has 1 aliphatic rings. The van der Waals surface area contributed by atoms with Gasteiger partial charge in [0.1, 0.15) is 11.8 Å². The summed E-state index contributed by atoms with van der Waals surface area (Å²) in [4.78, 5) is 27.5. The van der Waals surface area contributed by atoms with Crippen LogP contribution >= 0.6 is 0 Å². The molecule has 1 unspecified atom stereocenters. The molecular weight excluding hydrogens is 384 g/mol. The van der Waals surface area contributed by atoms with Gasteiger partial charge in [-0.2, -0.15) is 5.26 Å². The highest BCUT2D eigenvalue weighted by Gasteiger charge is 2.32. The maximum Gasteiger partial charge on any atom is 0.271 e. The highest BCUT2D eigenvalue weighted by molar-refractivity contribution is 5.82. The van der Waals surface area contributed by atoms with E-state index in [0.717, 1.165) is 5.69 Å². The minimum atomic E-state index is -0.691. The first-order valence-electron chi connectivity index (χ1n) is 9.84. The second-order valence-electron chi connectivity index (χ2n) is 7.48. The molecule has 0 spiro atoms. The van der Waals surface area contributed by atoms with Crippen molar-refractivity contribution in [2.24, 2.45) is 5.92 Å². The Bertz CT molecular complexity index is 962. The summed E-state index contributed by atoms with van der Waals surface area (Å²) in [5.41, 5.74) is 1.22. The zero-order chi connectivity index (χ0) is 21.7. The maximum absolute atomic E-state index is 13.1. The second-order valence-corrected chi connectivity index (χ2v) is 7.48. The van der Waals surface area contributed by atoms with Gasteiger partial charge in [0, 0.05) is 44.0 Å². The van der Waals surface area contributed by atoms with E-state index in [0.29, 0.717) is 37.5 Å². The largest absolute Gasteiger partial charge is 0.479 e. The molecule has 8 nitrogen and oxygen atoms in total. The first-order chi connectivity index (χ1) is 14.4. The number of non-ortho nitro benzene ring substituents is 1. The molecule has 30 heavy (non-hydrogen) atoms. The number of nitro benzene ring substituents is 1. The molecule has 0 aromatic heterocycles. The number of nitriles is 1. The summed E-state index contributed by atoms with van der Waals surface area (Å²) in [5, 5.41) is 20.3. The zero-order valence-electron chi connectivity index (χ0n) is 17.0. The molecule has 1 fully saturated rings. The Hall–Kier alpha value is -3.60. The van der Waals surface area contributed by atoms with Crippen LogP contribution in [0.1, 0.15) is 19.4 Å². The van der Waals surface area contributed by atoms with Crippen LogP contribution in [0.25, 0.3) is 0 Å². The summed E-state index contributed by atoms with van der Waals surface area (Å²) >= 11 is 0. The smallest absolute Gasteiger partial charge is 0.271 e. The molecule has 0 saturated carbocycles. The Balaban J connectivity index is 1.67. The van der Waals surface area contributed by atoms with Crippen molar-refractivity contribution in [3.8, 4) is 11.8 Å². The molecule has 0 N–H and O–H groups in total. The van der Waals surface area contributed by atoms with E-state index in [9.17, 15) is 20.2 Å². The van der Waals surface area contributed by atoms with Crippen LogP contribution in [0, 0.1) is 27.4 Å². The summed E-state index contributed by atoms with van der Waals surface area (Å²) < 4.78 is 5.96. The Kier molecular flexibility index (Phi) is 6.52. The third-order valence-electron chi connectivity index (χ3n) is 5.11. The molecule has 8 heteroatoms. The van der Waals surface area contributed by atoms with Gasteiger partial charge in [0.2, 0.25) is 0 Å². The van der Waals surface area contributed by atoms with Crippen LogP contribution in [0.2, 0.25) is 0 Å². The molecule has 0 bridgehead atoms. The van der Waals surface area contributed by atoms with Crippen molar-refractivity contribution in [2.75, 3.05) is 31.1 Å². The van der Waals surface area contributed by atoms with Gasteiger partial charge in [-0.3, -0.25) is 14.9 Å². The van der Waals surface area contributed by atoms with E-state index in [-0.39, 0.29) is 17.5 Å². The molecule has 1 atom stereocenters. The van der Waals surface area contributed by atoms with Gasteiger partial charge in [-0.15, -0.1) is 0 Å². The monoisotopic (exact) mass is 408 g/mol. The molecular formula is C22H24N4O4. The molecule has 1 saturated heterocycles. The molecule has 1 aliphatic heterocycles. The number of ether oxygens (including phenoxy) is 1. The molecule has 1 heterocycles. The number of carbonyl (C=O) groups excluding carboxylic acids is 1. The number of anilines is 1. The summed E-state index contributed by atoms with van der Waals surface area (Å²) in [6, 6.07) is 15.5. The van der Waals surface area contributed by atoms with Gasteiger partial charge in [0.25, 0.3) is 11.6 Å². The minimum absolute atomic E-state index is 0.0513. The van der Waals surface area contributed by atoms with Crippen molar-refractivity contribution in [1.82, 2.24) is 4.90 Å². The topological polar surface area (TPSA) is 99.7 Å². The highest BCUT2D eigenvalue weighted by Crippen LogP contribution is 2.24. The number of nitro groups is 1. The van der Waals surface area contributed by atoms with Crippen LogP contribution in [-0.4, -0.2) is 48.0 Å². The van der Waals surface area contributed by atoms with E-state index in [1.165, 1.54) is 6.07 Å². The standard InChI is InChI=1S/C22H24N4O4/c1-16(2)21(30-20-9-4-3-6-17(20)15-23)22(27)25-12-10-24(11-13-25)18-7-5-8-19(14-18)26(28)29/h3-9,14,16,21H,10-13H2,1-2H3. The number of para-hydroxylation sites is 1. The number of hydrogen-bond acceptors (Lipinski definition) is 6. The van der Waals surface area contributed by atoms with Crippen molar-refractivity contribution >= 4 is 17.3 Å². The number of rotatable bonds is 6. The Morgan fingerprint density at radius 2 is 1.83 bits per heavy atom.